The van der Waals surface area contributed by atoms with E-state index < -0.39 is 0 Å². The number of hydrogen-bond acceptors (Lipinski definition) is 3. The van der Waals surface area contributed by atoms with Gasteiger partial charge >= 0.3 is 0 Å². The Labute approximate surface area is 122 Å². The number of hydrogen-bond donors (Lipinski definition) is 3. The Bertz CT molecular complexity index is 419. The van der Waals surface area contributed by atoms with Crippen LogP contribution in [0.3, 0.4) is 0 Å². The third-order valence-electron chi connectivity index (χ3n) is 4.43. The van der Waals surface area contributed by atoms with Crippen molar-refractivity contribution in [1.29, 1.82) is 0 Å². The van der Waals surface area contributed by atoms with Crippen molar-refractivity contribution in [1.82, 2.24) is 5.32 Å². The second-order valence-corrected chi connectivity index (χ2v) is 6.01. The van der Waals surface area contributed by atoms with Crippen LogP contribution in [0.25, 0.3) is 0 Å². The van der Waals surface area contributed by atoms with Crippen LogP contribution in [0, 0.1) is 12.8 Å². The Morgan fingerprint density at radius 1 is 1.25 bits per heavy atom. The van der Waals surface area contributed by atoms with Gasteiger partial charge in [-0.2, -0.15) is 0 Å². The molecule has 1 aliphatic carbocycles. The van der Waals surface area contributed by atoms with Crippen LogP contribution in [-0.4, -0.2) is 22.9 Å². The van der Waals surface area contributed by atoms with Gasteiger partial charge in [-0.3, -0.25) is 0 Å². The van der Waals surface area contributed by atoms with Gasteiger partial charge in [-0.05, 0) is 50.6 Å². The summed E-state index contributed by atoms with van der Waals surface area (Å²) in [5.41, 5.74) is 1.89. The van der Waals surface area contributed by atoms with Gasteiger partial charge in [0, 0.05) is 12.1 Å². The highest BCUT2D eigenvalue weighted by molar-refractivity contribution is 5.39. The summed E-state index contributed by atoms with van der Waals surface area (Å²) >= 11 is 0. The van der Waals surface area contributed by atoms with E-state index in [0.29, 0.717) is 18.2 Å². The molecule has 2 atom stereocenters. The van der Waals surface area contributed by atoms with E-state index in [2.05, 4.69) is 5.32 Å². The van der Waals surface area contributed by atoms with E-state index in [1.165, 1.54) is 19.3 Å². The van der Waals surface area contributed by atoms with Gasteiger partial charge < -0.3 is 15.5 Å². The standard InChI is InChI=1S/C17H27NO2/c1-13-6-4-8-15(17(13)20)12-18-11-5-9-14-7-2-3-10-16(14)19/h4,6,8,14,16,18-20H,2-3,5,7,9-12H2,1H3. The van der Waals surface area contributed by atoms with E-state index in [0.717, 1.165) is 36.9 Å². The molecule has 0 amide bonds. The summed E-state index contributed by atoms with van der Waals surface area (Å²) < 4.78 is 0. The fraction of sp³-hybridized carbons (Fsp3) is 0.647. The molecule has 1 saturated carbocycles. The Balaban J connectivity index is 1.65. The number of para-hydroxylation sites is 1. The molecule has 0 saturated heterocycles. The van der Waals surface area contributed by atoms with E-state index in [4.69, 9.17) is 0 Å². The third-order valence-corrected chi connectivity index (χ3v) is 4.43. The van der Waals surface area contributed by atoms with E-state index in [1.54, 1.807) is 0 Å². The highest BCUT2D eigenvalue weighted by atomic mass is 16.3. The number of nitrogens with one attached hydrogen (secondary N) is 1. The van der Waals surface area contributed by atoms with Crippen molar-refractivity contribution in [2.45, 2.75) is 58.1 Å². The molecule has 3 heteroatoms. The maximum atomic E-state index is 9.92. The molecule has 0 aliphatic heterocycles. The van der Waals surface area contributed by atoms with Gasteiger partial charge in [-0.25, -0.2) is 0 Å². The number of phenols is 1. The lowest BCUT2D eigenvalue weighted by molar-refractivity contribution is 0.0643. The van der Waals surface area contributed by atoms with Crippen LogP contribution in [0.1, 0.15) is 49.7 Å². The van der Waals surface area contributed by atoms with Crippen LogP contribution in [-0.2, 0) is 6.54 Å². The predicted octanol–water partition coefficient (Wildman–Crippen LogP) is 3.12. The van der Waals surface area contributed by atoms with Gasteiger partial charge in [-0.1, -0.05) is 31.0 Å². The van der Waals surface area contributed by atoms with Crippen LogP contribution >= 0.6 is 0 Å². The number of aliphatic hydroxyl groups excluding tert-OH is 1. The molecule has 1 aliphatic rings. The molecule has 0 bridgehead atoms. The Hall–Kier alpha value is -1.06. The van der Waals surface area contributed by atoms with E-state index >= 15 is 0 Å². The zero-order valence-electron chi connectivity index (χ0n) is 12.4. The van der Waals surface area contributed by atoms with Gasteiger partial charge in [0.15, 0.2) is 0 Å². The summed E-state index contributed by atoms with van der Waals surface area (Å²) in [7, 11) is 0. The zero-order chi connectivity index (χ0) is 14.4. The van der Waals surface area contributed by atoms with Crippen LogP contribution in [0.15, 0.2) is 18.2 Å². The summed E-state index contributed by atoms with van der Waals surface area (Å²) in [4.78, 5) is 0. The quantitative estimate of drug-likeness (QED) is 0.700. The average molecular weight is 277 g/mol. The molecule has 0 heterocycles. The molecule has 2 unspecified atom stereocenters. The lowest BCUT2D eigenvalue weighted by atomic mass is 9.83. The number of benzene rings is 1. The lowest BCUT2D eigenvalue weighted by Crippen LogP contribution is -2.25. The summed E-state index contributed by atoms with van der Waals surface area (Å²) in [6.07, 6.45) is 6.73. The highest BCUT2D eigenvalue weighted by Gasteiger charge is 2.22. The number of phenolic OH excluding ortho intramolecular Hbond substituents is 1. The molecule has 1 aromatic rings. The monoisotopic (exact) mass is 277 g/mol. The van der Waals surface area contributed by atoms with Crippen LogP contribution < -0.4 is 5.32 Å². The largest absolute Gasteiger partial charge is 0.507 e. The minimum Gasteiger partial charge on any atom is -0.507 e. The first kappa shape index (κ1) is 15.3. The summed E-state index contributed by atoms with van der Waals surface area (Å²) in [5.74, 6) is 0.903. The average Bonchev–Trinajstić information content (AvgIpc) is 2.45. The van der Waals surface area contributed by atoms with Gasteiger partial charge in [0.05, 0.1) is 6.10 Å². The second kappa shape index (κ2) is 7.65. The first-order valence-corrected chi connectivity index (χ1v) is 7.84. The van der Waals surface area contributed by atoms with Gasteiger partial charge in [-0.15, -0.1) is 0 Å². The third kappa shape index (κ3) is 4.22. The molecular weight excluding hydrogens is 250 g/mol. The predicted molar refractivity (Wildman–Crippen MR) is 81.7 cm³/mol. The molecule has 0 spiro atoms. The Kier molecular flexibility index (Phi) is 5.86. The van der Waals surface area contributed by atoms with Gasteiger partial charge in [0.25, 0.3) is 0 Å². The van der Waals surface area contributed by atoms with Crippen molar-refractivity contribution in [3.63, 3.8) is 0 Å². The van der Waals surface area contributed by atoms with Gasteiger partial charge in [0.1, 0.15) is 5.75 Å². The fourth-order valence-electron chi connectivity index (χ4n) is 3.10. The number of aliphatic hydroxyl groups is 1. The van der Waals surface area contributed by atoms with Crippen LogP contribution in [0.5, 0.6) is 5.75 Å². The number of rotatable bonds is 6. The molecule has 3 N–H and O–H groups in total. The number of aromatic hydroxyl groups is 1. The zero-order valence-corrected chi connectivity index (χ0v) is 12.4. The number of aryl methyl sites for hydroxylation is 1. The molecule has 1 aromatic carbocycles. The SMILES string of the molecule is Cc1cccc(CNCCCC2CCCCC2O)c1O. The van der Waals surface area contributed by atoms with E-state index in [1.807, 2.05) is 25.1 Å². The normalized spacial score (nSPS) is 22.9. The topological polar surface area (TPSA) is 52.5 Å². The van der Waals surface area contributed by atoms with E-state index in [9.17, 15) is 10.2 Å². The lowest BCUT2D eigenvalue weighted by Gasteiger charge is -2.27. The molecule has 1 fully saturated rings. The minimum absolute atomic E-state index is 0.0791. The maximum Gasteiger partial charge on any atom is 0.122 e. The molecule has 3 nitrogen and oxygen atoms in total. The molecular formula is C17H27NO2. The van der Waals surface area contributed by atoms with Gasteiger partial charge in [0.2, 0.25) is 0 Å². The molecule has 0 aromatic heterocycles. The second-order valence-electron chi connectivity index (χ2n) is 6.01. The minimum atomic E-state index is -0.0791. The van der Waals surface area contributed by atoms with E-state index in [-0.39, 0.29) is 6.10 Å². The smallest absolute Gasteiger partial charge is 0.122 e. The van der Waals surface area contributed by atoms with Crippen LogP contribution in [0.2, 0.25) is 0 Å². The first-order valence-electron chi connectivity index (χ1n) is 7.84. The van der Waals surface area contributed by atoms with Crippen molar-refractivity contribution in [2.75, 3.05) is 6.54 Å². The van der Waals surface area contributed by atoms with Crippen molar-refractivity contribution in [2.24, 2.45) is 5.92 Å². The maximum absolute atomic E-state index is 9.92. The van der Waals surface area contributed by atoms with Crippen molar-refractivity contribution < 1.29 is 10.2 Å². The van der Waals surface area contributed by atoms with Crippen molar-refractivity contribution in [3.8, 4) is 5.75 Å². The molecule has 112 valence electrons. The highest BCUT2D eigenvalue weighted by Crippen LogP contribution is 2.27. The van der Waals surface area contributed by atoms with Crippen molar-refractivity contribution in [3.05, 3.63) is 29.3 Å². The Morgan fingerprint density at radius 2 is 2.05 bits per heavy atom. The first-order chi connectivity index (χ1) is 9.68. The Morgan fingerprint density at radius 3 is 2.85 bits per heavy atom. The molecule has 20 heavy (non-hydrogen) atoms. The van der Waals surface area contributed by atoms with Crippen LogP contribution in [0.4, 0.5) is 0 Å². The molecule has 2 rings (SSSR count). The molecule has 0 radical (unpaired) electrons. The summed E-state index contributed by atoms with van der Waals surface area (Å²) in [6, 6.07) is 5.86. The fourth-order valence-corrected chi connectivity index (χ4v) is 3.10. The van der Waals surface area contributed by atoms with Crippen molar-refractivity contribution >= 4 is 0 Å². The summed E-state index contributed by atoms with van der Waals surface area (Å²) in [5, 5.41) is 23.2. The summed E-state index contributed by atoms with van der Waals surface area (Å²) in [6.45, 7) is 3.57.